The summed E-state index contributed by atoms with van der Waals surface area (Å²) in [5, 5.41) is 16.8. The highest BCUT2D eigenvalue weighted by atomic mass is 16.6. The molecule has 0 saturated carbocycles. The van der Waals surface area contributed by atoms with Crippen LogP contribution in [0.15, 0.2) is 0 Å². The fourth-order valence-electron chi connectivity index (χ4n) is 1.04. The Bertz CT molecular complexity index is 347. The lowest BCUT2D eigenvalue weighted by Gasteiger charge is -2.11. The van der Waals surface area contributed by atoms with Crippen LogP contribution >= 0.6 is 0 Å². The minimum absolute atomic E-state index is 0.336. The summed E-state index contributed by atoms with van der Waals surface area (Å²) in [5.41, 5.74) is 10.4. The summed E-state index contributed by atoms with van der Waals surface area (Å²) >= 11 is 0. The second-order valence-electron chi connectivity index (χ2n) is 3.74. The van der Waals surface area contributed by atoms with Crippen molar-refractivity contribution >= 4 is 23.9 Å². The number of ether oxygens (including phenoxy) is 2. The van der Waals surface area contributed by atoms with E-state index in [-0.39, 0.29) is 13.2 Å². The molecule has 0 bridgehead atoms. The van der Waals surface area contributed by atoms with E-state index in [1.54, 1.807) is 0 Å². The summed E-state index contributed by atoms with van der Waals surface area (Å²) in [6.45, 7) is -0.671. The molecule has 0 heterocycles. The van der Waals surface area contributed by atoms with Crippen molar-refractivity contribution in [2.24, 2.45) is 11.5 Å². The smallest absolute Gasteiger partial charge is 0.323 e. The van der Waals surface area contributed by atoms with Gasteiger partial charge in [-0.25, -0.2) is 0 Å². The minimum Gasteiger partial charge on any atom is -0.481 e. The fourth-order valence-corrected chi connectivity index (χ4v) is 1.04. The normalized spacial score (nSPS) is 13.1. The van der Waals surface area contributed by atoms with Crippen LogP contribution in [0.3, 0.4) is 0 Å². The van der Waals surface area contributed by atoms with Crippen molar-refractivity contribution in [2.75, 3.05) is 13.2 Å². The third-order valence-electron chi connectivity index (χ3n) is 1.97. The average molecular weight is 292 g/mol. The van der Waals surface area contributed by atoms with Crippen molar-refractivity contribution in [2.45, 2.75) is 24.9 Å². The van der Waals surface area contributed by atoms with Gasteiger partial charge < -0.3 is 31.2 Å². The Morgan fingerprint density at radius 3 is 1.35 bits per heavy atom. The molecule has 0 spiro atoms. The largest absolute Gasteiger partial charge is 0.481 e. The molecule has 0 aliphatic heterocycles. The van der Waals surface area contributed by atoms with Crippen molar-refractivity contribution in [3.8, 4) is 0 Å². The molecule has 0 aromatic carbocycles. The Morgan fingerprint density at radius 2 is 1.10 bits per heavy atom. The average Bonchev–Trinajstić information content (AvgIpc) is 2.32. The maximum atomic E-state index is 11.1. The number of nitrogens with two attached hydrogens (primary N) is 2. The molecule has 0 rings (SSSR count). The van der Waals surface area contributed by atoms with E-state index in [1.165, 1.54) is 0 Å². The van der Waals surface area contributed by atoms with Gasteiger partial charge in [-0.1, -0.05) is 0 Å². The van der Waals surface area contributed by atoms with Crippen LogP contribution in [0.4, 0.5) is 0 Å². The molecule has 0 aliphatic carbocycles. The highest BCUT2D eigenvalue weighted by Gasteiger charge is 2.20. The maximum absolute atomic E-state index is 11.1. The molecule has 6 N–H and O–H groups in total. The summed E-state index contributed by atoms with van der Waals surface area (Å²) in [7, 11) is 0. The van der Waals surface area contributed by atoms with Crippen LogP contribution in [0.5, 0.6) is 0 Å². The standard InChI is InChI=1S/C10H16N2O8/c11-5(3-7(13)14)9(17)19-1-2-20-10(18)6(12)4-8(15)16/h5-6H,1-4,11-12H2,(H,13,14)(H,15,16)/t5-,6-/m0/s1. The highest BCUT2D eigenvalue weighted by molar-refractivity contribution is 5.82. The van der Waals surface area contributed by atoms with Crippen LogP contribution in [0, 0.1) is 0 Å². The van der Waals surface area contributed by atoms with Gasteiger partial charge in [-0.3, -0.25) is 19.2 Å². The molecule has 10 heteroatoms. The number of carbonyl (C=O) groups is 4. The first kappa shape index (κ1) is 17.8. The van der Waals surface area contributed by atoms with E-state index in [1.807, 2.05) is 0 Å². The van der Waals surface area contributed by atoms with Crippen molar-refractivity contribution in [3.05, 3.63) is 0 Å². The number of carboxylic acid groups (broad SMARTS) is 2. The van der Waals surface area contributed by atoms with Gasteiger partial charge in [0.05, 0.1) is 12.8 Å². The van der Waals surface area contributed by atoms with Gasteiger partial charge in [-0.2, -0.15) is 0 Å². The van der Waals surface area contributed by atoms with Crippen molar-refractivity contribution < 1.29 is 38.9 Å². The molecule has 114 valence electrons. The summed E-state index contributed by atoms with van der Waals surface area (Å²) in [4.78, 5) is 42.9. The molecule has 0 fully saturated rings. The quantitative estimate of drug-likeness (QED) is 0.266. The molecule has 0 amide bonds. The summed E-state index contributed by atoms with van der Waals surface area (Å²) in [5.74, 6) is -4.39. The first-order valence-corrected chi connectivity index (χ1v) is 5.52. The number of rotatable bonds is 9. The third-order valence-corrected chi connectivity index (χ3v) is 1.97. The van der Waals surface area contributed by atoms with E-state index >= 15 is 0 Å². The van der Waals surface area contributed by atoms with Crippen LogP contribution in [0.25, 0.3) is 0 Å². The predicted molar refractivity (Wildman–Crippen MR) is 62.4 cm³/mol. The molecular formula is C10H16N2O8. The number of hydrogen-bond donors (Lipinski definition) is 4. The Morgan fingerprint density at radius 1 is 0.800 bits per heavy atom. The maximum Gasteiger partial charge on any atom is 0.323 e. The Balaban J connectivity index is 3.85. The molecule has 0 radical (unpaired) electrons. The molecular weight excluding hydrogens is 276 g/mol. The molecule has 2 atom stereocenters. The molecule has 10 nitrogen and oxygen atoms in total. The number of hydrogen-bond acceptors (Lipinski definition) is 8. The van der Waals surface area contributed by atoms with Crippen LogP contribution < -0.4 is 11.5 Å². The molecule has 0 aromatic heterocycles. The summed E-state index contributed by atoms with van der Waals surface area (Å²) in [6, 6.07) is -2.62. The van der Waals surface area contributed by atoms with E-state index in [9.17, 15) is 19.2 Å². The molecule has 0 saturated heterocycles. The topological polar surface area (TPSA) is 179 Å². The predicted octanol–water partition coefficient (Wildman–Crippen LogP) is -2.32. The summed E-state index contributed by atoms with van der Waals surface area (Å²) < 4.78 is 9.11. The second kappa shape index (κ2) is 8.82. The van der Waals surface area contributed by atoms with Crippen LogP contribution in [0.1, 0.15) is 12.8 Å². The van der Waals surface area contributed by atoms with Crippen molar-refractivity contribution in [1.29, 1.82) is 0 Å². The zero-order chi connectivity index (χ0) is 15.7. The SMILES string of the molecule is N[C@@H](CC(=O)O)C(=O)OCCOC(=O)[C@@H](N)CC(=O)O. The minimum atomic E-state index is -1.31. The van der Waals surface area contributed by atoms with Gasteiger partial charge in [-0.15, -0.1) is 0 Å². The van der Waals surface area contributed by atoms with Crippen LogP contribution in [-0.2, 0) is 28.7 Å². The first-order valence-electron chi connectivity index (χ1n) is 5.52. The zero-order valence-electron chi connectivity index (χ0n) is 10.5. The first-order chi connectivity index (χ1) is 9.23. The van der Waals surface area contributed by atoms with Gasteiger partial charge in [0.2, 0.25) is 0 Å². The Labute approximate surface area is 113 Å². The summed E-state index contributed by atoms with van der Waals surface area (Å²) in [6.07, 6.45) is -1.16. The number of aliphatic carboxylic acids is 2. The number of carbonyl (C=O) groups excluding carboxylic acids is 2. The van der Waals surface area contributed by atoms with Gasteiger partial charge in [0.25, 0.3) is 0 Å². The molecule has 20 heavy (non-hydrogen) atoms. The monoisotopic (exact) mass is 292 g/mol. The Hall–Kier alpha value is -2.20. The fraction of sp³-hybridized carbons (Fsp3) is 0.600. The molecule has 0 aromatic rings. The van der Waals surface area contributed by atoms with E-state index in [2.05, 4.69) is 9.47 Å². The lowest BCUT2D eigenvalue weighted by atomic mass is 10.2. The molecule has 0 unspecified atom stereocenters. The molecule has 0 aliphatic rings. The van der Waals surface area contributed by atoms with Gasteiger partial charge in [-0.05, 0) is 0 Å². The van der Waals surface area contributed by atoms with Crippen molar-refractivity contribution in [3.63, 3.8) is 0 Å². The second-order valence-corrected chi connectivity index (χ2v) is 3.74. The zero-order valence-corrected chi connectivity index (χ0v) is 10.5. The number of esters is 2. The number of carboxylic acids is 2. The van der Waals surface area contributed by atoms with Gasteiger partial charge in [0, 0.05) is 0 Å². The van der Waals surface area contributed by atoms with Gasteiger partial charge in [0.1, 0.15) is 25.3 Å². The highest BCUT2D eigenvalue weighted by Crippen LogP contribution is 1.95. The van der Waals surface area contributed by atoms with E-state index < -0.39 is 48.8 Å². The third kappa shape index (κ3) is 8.00. The lowest BCUT2D eigenvalue weighted by molar-refractivity contribution is -0.156. The van der Waals surface area contributed by atoms with Gasteiger partial charge >= 0.3 is 23.9 Å². The van der Waals surface area contributed by atoms with Crippen LogP contribution in [0.2, 0.25) is 0 Å². The Kier molecular flexibility index (Phi) is 7.85. The van der Waals surface area contributed by atoms with E-state index in [0.29, 0.717) is 0 Å². The van der Waals surface area contributed by atoms with E-state index in [0.717, 1.165) is 0 Å². The van der Waals surface area contributed by atoms with Gasteiger partial charge in [0.15, 0.2) is 0 Å². The lowest BCUT2D eigenvalue weighted by Crippen LogP contribution is -2.36. The van der Waals surface area contributed by atoms with E-state index in [4.69, 9.17) is 21.7 Å². The van der Waals surface area contributed by atoms with Crippen molar-refractivity contribution in [1.82, 2.24) is 0 Å². The van der Waals surface area contributed by atoms with Crippen LogP contribution in [-0.4, -0.2) is 59.4 Å².